The standard InChI is InChI=1S/2C20H30GeN.2C19H28GeN/c1-15-11-9-10-12-16(15)19-13-17(20(2,3)4)18(14-22(19)8)21(5,6)7;1-15(2)12-17-13-20(18-11-9-8-10-16(18)3)22(7)14-19(17)21(4,5)6;1-14(2)17-12-19(16-11-9-8-10-15(16)3)21(7)13-18(17)20(4,5)6;1-7-10-16-13-19(17-12-9-8-11-15(17)2)21(6)14-18(16)20(3,4)5/h9-14H,1-8H3;8-11,13-15H,12H2,1-7H3;8-14H,1-7H3;8-9,11-14H,7,10H2,1-6H3/q4*+1. The Kier molecular flexibility index (Phi) is 25.2. The summed E-state index contributed by atoms with van der Waals surface area (Å²) in [6.07, 6.45) is 13.2. The molecule has 4 nitrogen and oxygen atoms in total. The predicted octanol–water partition coefficient (Wildman–Crippen LogP) is 16.7. The van der Waals surface area contributed by atoms with Gasteiger partial charge >= 0.3 is 541 Å². The van der Waals surface area contributed by atoms with E-state index in [9.17, 15) is 0 Å². The van der Waals surface area contributed by atoms with E-state index in [-0.39, 0.29) is 5.41 Å². The fraction of sp³-hybridized carbons (Fsp3) is 0.436. The van der Waals surface area contributed by atoms with Crippen molar-refractivity contribution in [2.45, 2.75) is 183 Å². The number of hydrogen-bond donors (Lipinski definition) is 0. The maximum absolute atomic E-state index is 2.49. The van der Waals surface area contributed by atoms with E-state index < -0.39 is 53.1 Å². The zero-order valence-corrected chi connectivity index (χ0v) is 67.8. The summed E-state index contributed by atoms with van der Waals surface area (Å²) in [5, 5.41) is 0. The van der Waals surface area contributed by atoms with Crippen LogP contribution in [0.15, 0.2) is 146 Å². The van der Waals surface area contributed by atoms with E-state index in [2.05, 4.69) is 345 Å². The van der Waals surface area contributed by atoms with Gasteiger partial charge in [0.1, 0.15) is 0 Å². The van der Waals surface area contributed by atoms with Crippen LogP contribution in [0.25, 0.3) is 45.0 Å². The molecule has 0 aliphatic heterocycles. The van der Waals surface area contributed by atoms with Gasteiger partial charge in [-0.05, 0) is 0 Å². The molecule has 86 heavy (non-hydrogen) atoms. The fourth-order valence-corrected chi connectivity index (χ4v) is 26.9. The van der Waals surface area contributed by atoms with Gasteiger partial charge in [-0.25, -0.2) is 0 Å². The summed E-state index contributed by atoms with van der Waals surface area (Å²) < 4.78 is 15.8. The zero-order chi connectivity index (χ0) is 64.6. The first-order valence-corrected chi connectivity index (χ1v) is 61.5. The Balaban J connectivity index is 0.000000209. The van der Waals surface area contributed by atoms with Gasteiger partial charge in [0.15, 0.2) is 0 Å². The third-order valence-electron chi connectivity index (χ3n) is 16.8. The summed E-state index contributed by atoms with van der Waals surface area (Å²) >= 11 is -7.45. The van der Waals surface area contributed by atoms with E-state index in [1.807, 2.05) is 0 Å². The maximum atomic E-state index is 2.49. The Morgan fingerprint density at radius 3 is 0.977 bits per heavy atom. The molecule has 0 aliphatic carbocycles. The number of pyridine rings is 4. The van der Waals surface area contributed by atoms with Crippen LogP contribution < -0.4 is 35.9 Å². The number of aryl methyl sites for hydroxylation is 9. The molecule has 0 aliphatic rings. The molecule has 0 bridgehead atoms. The Bertz CT molecular complexity index is 3590. The van der Waals surface area contributed by atoms with Crippen LogP contribution in [-0.4, -0.2) is 53.1 Å². The van der Waals surface area contributed by atoms with Gasteiger partial charge in [0, 0.05) is 0 Å². The second-order valence-electron chi connectivity index (χ2n) is 30.7. The minimum absolute atomic E-state index is 0.180. The molecule has 0 saturated heterocycles. The van der Waals surface area contributed by atoms with Crippen LogP contribution in [0.4, 0.5) is 0 Å². The molecule has 0 atom stereocenters. The van der Waals surface area contributed by atoms with Crippen molar-refractivity contribution in [1.29, 1.82) is 0 Å². The Morgan fingerprint density at radius 2 is 0.674 bits per heavy atom. The number of hydrogen-bond acceptors (Lipinski definition) is 0. The van der Waals surface area contributed by atoms with Gasteiger partial charge in [-0.3, -0.25) is 0 Å². The van der Waals surface area contributed by atoms with Crippen LogP contribution in [0.1, 0.15) is 112 Å². The van der Waals surface area contributed by atoms with Gasteiger partial charge in [0.2, 0.25) is 0 Å². The van der Waals surface area contributed by atoms with Gasteiger partial charge in [0.05, 0.1) is 0 Å². The first kappa shape index (κ1) is 72.4. The number of rotatable bonds is 13. The van der Waals surface area contributed by atoms with E-state index in [1.165, 1.54) is 92.1 Å². The van der Waals surface area contributed by atoms with Crippen LogP contribution in [0.3, 0.4) is 0 Å². The summed E-state index contributed by atoms with van der Waals surface area (Å²) in [6.45, 7) is 27.3. The van der Waals surface area contributed by atoms with E-state index in [4.69, 9.17) is 0 Å². The normalized spacial score (nSPS) is 12.1. The van der Waals surface area contributed by atoms with Crippen LogP contribution >= 0.6 is 0 Å². The van der Waals surface area contributed by atoms with Crippen molar-refractivity contribution in [3.05, 3.63) is 191 Å². The first-order chi connectivity index (χ1) is 39.8. The molecule has 4 aromatic carbocycles. The molecule has 0 radical (unpaired) electrons. The number of nitrogens with zero attached hydrogens (tertiary/aromatic N) is 4. The summed E-state index contributed by atoms with van der Waals surface area (Å²) in [6, 6.07) is 44.5. The SMILES string of the molecule is CCCc1cc(-c2ccccc2C)[n+](C)c[c]1[Ge]([CH3])([CH3])[CH3].Cc1ccccc1-c1cc(C(C)(C)C)[c]([Ge]([CH3])([CH3])[CH3])c[n+]1C.Cc1ccccc1-c1cc(C(C)C)[c]([Ge]([CH3])([CH3])[CH3])c[n+]1C.Cc1ccccc1-c1cc(CC(C)C)[c]([Ge]([CH3])([CH3])[CH3])c[n+]1C. The average Bonchev–Trinajstić information content (AvgIpc) is 1.13. The molecule has 0 unspecified atom stereocenters. The van der Waals surface area contributed by atoms with Crippen molar-refractivity contribution in [3.63, 3.8) is 0 Å². The third kappa shape index (κ3) is 19.1. The van der Waals surface area contributed by atoms with Crippen LogP contribution in [0.2, 0.25) is 69.1 Å². The molecule has 8 rings (SSSR count). The minimum atomic E-state index is -1.91. The Labute approximate surface area is 536 Å². The Morgan fingerprint density at radius 1 is 0.384 bits per heavy atom. The second-order valence-corrected chi connectivity index (χ2v) is 73.0. The van der Waals surface area contributed by atoms with Crippen molar-refractivity contribution < 1.29 is 18.3 Å². The molecule has 0 saturated carbocycles. The van der Waals surface area contributed by atoms with Crippen molar-refractivity contribution in [2.24, 2.45) is 34.1 Å². The molecule has 0 spiro atoms. The van der Waals surface area contributed by atoms with Crippen LogP contribution in [-0.2, 0) is 46.4 Å². The Hall–Kier alpha value is -4.35. The topological polar surface area (TPSA) is 15.5 Å². The first-order valence-electron chi connectivity index (χ1n) is 32.2. The molecule has 0 fully saturated rings. The van der Waals surface area contributed by atoms with Gasteiger partial charge in [-0.2, -0.15) is 0 Å². The zero-order valence-electron chi connectivity index (χ0n) is 59.4. The van der Waals surface area contributed by atoms with E-state index in [0.717, 1.165) is 0 Å². The van der Waals surface area contributed by atoms with Gasteiger partial charge in [0.25, 0.3) is 0 Å². The van der Waals surface area contributed by atoms with E-state index in [0.29, 0.717) is 11.8 Å². The molecular formula is C78H116Ge4N4+4. The van der Waals surface area contributed by atoms with Gasteiger partial charge in [-0.15, -0.1) is 0 Å². The van der Waals surface area contributed by atoms with Crippen LogP contribution in [0, 0.1) is 33.6 Å². The summed E-state index contributed by atoms with van der Waals surface area (Å²) in [4.78, 5) is 0. The molecule has 0 amide bonds. The summed E-state index contributed by atoms with van der Waals surface area (Å²) in [5.74, 6) is 31.1. The molecular weight excluding hydrogens is 1280 g/mol. The molecule has 8 aromatic rings. The van der Waals surface area contributed by atoms with Crippen molar-refractivity contribution >= 4 is 70.6 Å². The van der Waals surface area contributed by atoms with Crippen molar-refractivity contribution in [3.8, 4) is 45.0 Å². The average molecular weight is 1400 g/mol. The second kappa shape index (κ2) is 30.0. The molecule has 460 valence electrons. The van der Waals surface area contributed by atoms with Gasteiger partial charge < -0.3 is 0 Å². The molecule has 8 heteroatoms. The monoisotopic (exact) mass is 1400 g/mol. The number of benzene rings is 4. The van der Waals surface area contributed by atoms with Crippen molar-refractivity contribution in [2.75, 3.05) is 0 Å². The quantitative estimate of drug-likeness (QED) is 0.0808. The third-order valence-corrected chi connectivity index (χ3v) is 34.0. The van der Waals surface area contributed by atoms with Gasteiger partial charge in [-0.1, -0.05) is 0 Å². The molecule has 4 aromatic heterocycles. The molecule has 4 heterocycles. The van der Waals surface area contributed by atoms with E-state index in [1.54, 1.807) is 34.3 Å². The summed E-state index contributed by atoms with van der Waals surface area (Å²) in [7, 11) is 8.75. The molecule has 0 N–H and O–H groups in total. The number of aromatic nitrogens is 4. The van der Waals surface area contributed by atoms with Crippen LogP contribution in [0.5, 0.6) is 0 Å². The fourth-order valence-electron chi connectivity index (χ4n) is 12.0. The predicted molar refractivity (Wildman–Crippen MR) is 388 cm³/mol. The van der Waals surface area contributed by atoms with E-state index >= 15 is 0 Å². The summed E-state index contributed by atoms with van der Waals surface area (Å²) in [5.41, 5.74) is 22.5. The van der Waals surface area contributed by atoms with Crippen molar-refractivity contribution in [1.82, 2.24) is 0 Å².